The van der Waals surface area contributed by atoms with E-state index in [0.717, 1.165) is 50.6 Å². The van der Waals surface area contributed by atoms with Crippen LogP contribution in [-0.4, -0.2) is 30.2 Å². The van der Waals surface area contributed by atoms with Gasteiger partial charge in [0.05, 0.1) is 0 Å². The third kappa shape index (κ3) is 4.68. The molecule has 1 heterocycles. The van der Waals surface area contributed by atoms with Crippen LogP contribution in [0.3, 0.4) is 0 Å². The van der Waals surface area contributed by atoms with Gasteiger partial charge in [-0.3, -0.25) is 0 Å². The largest absolute Gasteiger partial charge is 0.446 e. The van der Waals surface area contributed by atoms with Crippen molar-refractivity contribution in [3.63, 3.8) is 0 Å². The van der Waals surface area contributed by atoms with Crippen LogP contribution in [0.15, 0.2) is 0 Å². The lowest BCUT2D eigenvalue weighted by Gasteiger charge is -2.35. The van der Waals surface area contributed by atoms with Gasteiger partial charge < -0.3 is 9.64 Å². The van der Waals surface area contributed by atoms with Crippen molar-refractivity contribution >= 4 is 6.09 Å². The molecule has 3 atom stereocenters. The Kier molecular flexibility index (Phi) is 5.74. The molecule has 1 saturated heterocycles. The summed E-state index contributed by atoms with van der Waals surface area (Å²) in [6, 6.07) is 0. The van der Waals surface area contributed by atoms with Crippen LogP contribution in [0.5, 0.6) is 0 Å². The van der Waals surface area contributed by atoms with Crippen molar-refractivity contribution in [1.82, 2.24) is 4.90 Å². The molecule has 0 radical (unpaired) electrons. The van der Waals surface area contributed by atoms with Gasteiger partial charge in [0, 0.05) is 13.1 Å². The summed E-state index contributed by atoms with van der Waals surface area (Å²) in [7, 11) is 0. The maximum Gasteiger partial charge on any atom is 0.410 e. The first kappa shape index (κ1) is 15.7. The molecule has 3 nitrogen and oxygen atoms in total. The average molecular weight is 281 g/mol. The first-order valence-corrected chi connectivity index (χ1v) is 8.50. The number of amides is 1. The number of carbonyl (C=O) groups is 1. The van der Waals surface area contributed by atoms with E-state index >= 15 is 0 Å². The standard InChI is InChI=1S/C17H31NO2/c1-13(2)9-15-10-14(3)11-16(12-15)20-17(19)18-7-5-4-6-8-18/h13-16H,4-12H2,1-3H3. The lowest BCUT2D eigenvalue weighted by molar-refractivity contribution is 0.0159. The van der Waals surface area contributed by atoms with Crippen molar-refractivity contribution in [3.8, 4) is 0 Å². The molecule has 1 aliphatic carbocycles. The van der Waals surface area contributed by atoms with Crippen LogP contribution >= 0.6 is 0 Å². The number of carbonyl (C=O) groups excluding carboxylic acids is 1. The summed E-state index contributed by atoms with van der Waals surface area (Å²) in [4.78, 5) is 14.1. The van der Waals surface area contributed by atoms with Crippen LogP contribution < -0.4 is 0 Å². The fraction of sp³-hybridized carbons (Fsp3) is 0.941. The normalized spacial score (nSPS) is 31.4. The number of hydrogen-bond acceptors (Lipinski definition) is 2. The van der Waals surface area contributed by atoms with Crippen molar-refractivity contribution in [1.29, 1.82) is 0 Å². The van der Waals surface area contributed by atoms with Gasteiger partial charge in [0.15, 0.2) is 0 Å². The highest BCUT2D eigenvalue weighted by atomic mass is 16.6. The van der Waals surface area contributed by atoms with E-state index in [1.807, 2.05) is 4.90 Å². The Morgan fingerprint density at radius 3 is 2.50 bits per heavy atom. The van der Waals surface area contributed by atoms with Crippen molar-refractivity contribution in [2.24, 2.45) is 17.8 Å². The molecule has 3 heteroatoms. The van der Waals surface area contributed by atoms with Crippen LogP contribution in [0.1, 0.15) is 65.7 Å². The molecule has 20 heavy (non-hydrogen) atoms. The molecule has 2 rings (SSSR count). The fourth-order valence-corrected chi connectivity index (χ4v) is 3.93. The third-order valence-corrected chi connectivity index (χ3v) is 4.68. The van der Waals surface area contributed by atoms with Crippen molar-refractivity contribution in [2.45, 2.75) is 71.8 Å². The second-order valence-electron chi connectivity index (χ2n) is 7.36. The van der Waals surface area contributed by atoms with E-state index in [1.54, 1.807) is 0 Å². The van der Waals surface area contributed by atoms with Gasteiger partial charge in [-0.1, -0.05) is 20.8 Å². The van der Waals surface area contributed by atoms with Crippen LogP contribution in [0.4, 0.5) is 4.79 Å². The Morgan fingerprint density at radius 1 is 1.15 bits per heavy atom. The lowest BCUT2D eigenvalue weighted by Crippen LogP contribution is -2.39. The van der Waals surface area contributed by atoms with Gasteiger partial charge in [-0.05, 0) is 62.7 Å². The monoisotopic (exact) mass is 281 g/mol. The molecule has 116 valence electrons. The van der Waals surface area contributed by atoms with Crippen LogP contribution in [-0.2, 0) is 4.74 Å². The minimum Gasteiger partial charge on any atom is -0.446 e. The summed E-state index contributed by atoms with van der Waals surface area (Å²) in [5.74, 6) is 2.16. The molecule has 2 fully saturated rings. The van der Waals surface area contributed by atoms with Gasteiger partial charge in [0.1, 0.15) is 6.10 Å². The predicted molar refractivity (Wildman–Crippen MR) is 81.7 cm³/mol. The van der Waals surface area contributed by atoms with E-state index in [0.29, 0.717) is 5.92 Å². The average Bonchev–Trinajstić information content (AvgIpc) is 2.38. The SMILES string of the molecule is CC(C)CC1CC(C)CC(OC(=O)N2CCCCC2)C1. The van der Waals surface area contributed by atoms with Gasteiger partial charge >= 0.3 is 6.09 Å². The van der Waals surface area contributed by atoms with E-state index in [1.165, 1.54) is 19.3 Å². The quantitative estimate of drug-likeness (QED) is 0.764. The second kappa shape index (κ2) is 7.33. The molecule has 0 aromatic carbocycles. The number of ether oxygens (including phenoxy) is 1. The molecule has 0 bridgehead atoms. The van der Waals surface area contributed by atoms with Crippen LogP contribution in [0.2, 0.25) is 0 Å². The molecule has 1 saturated carbocycles. The summed E-state index contributed by atoms with van der Waals surface area (Å²) in [6.45, 7) is 8.64. The van der Waals surface area contributed by atoms with E-state index in [-0.39, 0.29) is 12.2 Å². The molecule has 0 aromatic heterocycles. The topological polar surface area (TPSA) is 29.5 Å². The zero-order valence-corrected chi connectivity index (χ0v) is 13.4. The Labute approximate surface area is 124 Å². The maximum absolute atomic E-state index is 12.2. The number of nitrogens with zero attached hydrogens (tertiary/aromatic N) is 1. The molecule has 3 unspecified atom stereocenters. The molecule has 1 amide bonds. The second-order valence-corrected chi connectivity index (χ2v) is 7.36. The fourth-order valence-electron chi connectivity index (χ4n) is 3.93. The van der Waals surface area contributed by atoms with Gasteiger partial charge in [0.2, 0.25) is 0 Å². The van der Waals surface area contributed by atoms with Crippen molar-refractivity contribution < 1.29 is 9.53 Å². The van der Waals surface area contributed by atoms with Crippen LogP contribution in [0, 0.1) is 17.8 Å². The Hall–Kier alpha value is -0.730. The predicted octanol–water partition coefficient (Wildman–Crippen LogP) is 4.46. The number of hydrogen-bond donors (Lipinski definition) is 0. The Morgan fingerprint density at radius 2 is 1.85 bits per heavy atom. The number of rotatable bonds is 3. The van der Waals surface area contributed by atoms with Crippen molar-refractivity contribution in [2.75, 3.05) is 13.1 Å². The summed E-state index contributed by atoms with van der Waals surface area (Å²) in [6.07, 6.45) is 8.29. The minimum atomic E-state index is -0.0629. The van der Waals surface area contributed by atoms with E-state index in [9.17, 15) is 4.79 Å². The lowest BCUT2D eigenvalue weighted by atomic mass is 9.77. The summed E-state index contributed by atoms with van der Waals surface area (Å²) in [5.41, 5.74) is 0. The molecule has 2 aliphatic rings. The van der Waals surface area contributed by atoms with Gasteiger partial charge in [-0.25, -0.2) is 4.79 Å². The van der Waals surface area contributed by atoms with E-state index in [2.05, 4.69) is 20.8 Å². The zero-order valence-electron chi connectivity index (χ0n) is 13.4. The van der Waals surface area contributed by atoms with Crippen LogP contribution in [0.25, 0.3) is 0 Å². The zero-order chi connectivity index (χ0) is 14.5. The summed E-state index contributed by atoms with van der Waals surface area (Å²) in [5, 5.41) is 0. The number of likely N-dealkylation sites (tertiary alicyclic amines) is 1. The molecule has 0 aromatic rings. The highest BCUT2D eigenvalue weighted by molar-refractivity contribution is 5.67. The minimum absolute atomic E-state index is 0.0629. The van der Waals surface area contributed by atoms with E-state index in [4.69, 9.17) is 4.74 Å². The molecule has 1 aliphatic heterocycles. The van der Waals surface area contributed by atoms with E-state index < -0.39 is 0 Å². The Balaban J connectivity index is 1.82. The van der Waals surface area contributed by atoms with Gasteiger partial charge in [-0.2, -0.15) is 0 Å². The molecular formula is C17H31NO2. The highest BCUT2D eigenvalue weighted by Crippen LogP contribution is 2.34. The molecule has 0 spiro atoms. The first-order chi connectivity index (χ1) is 9.54. The number of piperidine rings is 1. The summed E-state index contributed by atoms with van der Waals surface area (Å²) >= 11 is 0. The molecule has 0 N–H and O–H groups in total. The summed E-state index contributed by atoms with van der Waals surface area (Å²) < 4.78 is 5.80. The maximum atomic E-state index is 12.2. The van der Waals surface area contributed by atoms with Gasteiger partial charge in [0.25, 0.3) is 0 Å². The Bertz CT molecular complexity index is 308. The highest BCUT2D eigenvalue weighted by Gasteiger charge is 2.30. The third-order valence-electron chi connectivity index (χ3n) is 4.68. The van der Waals surface area contributed by atoms with Crippen molar-refractivity contribution in [3.05, 3.63) is 0 Å². The first-order valence-electron chi connectivity index (χ1n) is 8.50. The van der Waals surface area contributed by atoms with Gasteiger partial charge in [-0.15, -0.1) is 0 Å². The molecular weight excluding hydrogens is 250 g/mol. The smallest absolute Gasteiger partial charge is 0.410 e.